The van der Waals surface area contributed by atoms with Crippen molar-refractivity contribution in [2.24, 2.45) is 0 Å². The first-order valence-corrected chi connectivity index (χ1v) is 8.20. The van der Waals surface area contributed by atoms with E-state index in [1.807, 2.05) is 6.92 Å². The zero-order valence-electron chi connectivity index (χ0n) is 14.2. The molecule has 132 valence electrons. The van der Waals surface area contributed by atoms with Crippen molar-refractivity contribution in [2.75, 3.05) is 6.54 Å². The molecule has 1 unspecified atom stereocenters. The lowest BCUT2D eigenvalue weighted by atomic mass is 9.84. The van der Waals surface area contributed by atoms with Gasteiger partial charge in [-0.3, -0.25) is 9.59 Å². The predicted molar refractivity (Wildman–Crippen MR) is 82.5 cm³/mol. The quantitative estimate of drug-likeness (QED) is 0.570. The Hall–Kier alpha value is -1.79. The molecule has 1 amide bonds. The number of alkyl carbamates (subject to hydrolysis) is 1. The van der Waals surface area contributed by atoms with Crippen molar-refractivity contribution >= 4 is 18.0 Å². The summed E-state index contributed by atoms with van der Waals surface area (Å²) >= 11 is 0. The molecule has 1 N–H and O–H groups in total. The lowest BCUT2D eigenvalue weighted by Crippen LogP contribution is -2.48. The van der Waals surface area contributed by atoms with Crippen LogP contribution in [0.15, 0.2) is 0 Å². The predicted octanol–water partition coefficient (Wildman–Crippen LogP) is 2.67. The number of rotatable bonds is 7. The fourth-order valence-electron chi connectivity index (χ4n) is 2.71. The van der Waals surface area contributed by atoms with Gasteiger partial charge in [-0.1, -0.05) is 13.3 Å². The van der Waals surface area contributed by atoms with Gasteiger partial charge in [-0.2, -0.15) is 0 Å². The molecule has 7 heteroatoms. The molecule has 0 heterocycles. The maximum Gasteiger partial charge on any atom is 0.410 e. The van der Waals surface area contributed by atoms with E-state index in [0.29, 0.717) is 19.3 Å². The highest BCUT2D eigenvalue weighted by Gasteiger charge is 2.35. The summed E-state index contributed by atoms with van der Waals surface area (Å²) in [5, 5.41) is 2.61. The van der Waals surface area contributed by atoms with E-state index < -0.39 is 24.0 Å². The van der Waals surface area contributed by atoms with Gasteiger partial charge in [0, 0.05) is 20.3 Å². The summed E-state index contributed by atoms with van der Waals surface area (Å²) in [5.74, 6) is -0.764. The van der Waals surface area contributed by atoms with Gasteiger partial charge in [0.1, 0.15) is 5.60 Å². The second-order valence-electron chi connectivity index (χ2n) is 5.90. The van der Waals surface area contributed by atoms with E-state index in [-0.39, 0.29) is 18.9 Å². The fraction of sp³-hybridized carbons (Fsp3) is 0.812. The van der Waals surface area contributed by atoms with Crippen molar-refractivity contribution in [3.8, 4) is 0 Å². The van der Waals surface area contributed by atoms with Gasteiger partial charge < -0.3 is 19.5 Å². The molecular formula is C16H27NO6. The first-order chi connectivity index (χ1) is 10.9. The molecule has 23 heavy (non-hydrogen) atoms. The zero-order valence-corrected chi connectivity index (χ0v) is 14.2. The lowest BCUT2D eigenvalue weighted by Gasteiger charge is -2.36. The summed E-state index contributed by atoms with van der Waals surface area (Å²) in [7, 11) is 0. The summed E-state index contributed by atoms with van der Waals surface area (Å²) in [6.45, 7) is 4.90. The highest BCUT2D eigenvalue weighted by atomic mass is 16.7. The van der Waals surface area contributed by atoms with Gasteiger partial charge in [-0.05, 0) is 32.1 Å². The summed E-state index contributed by atoms with van der Waals surface area (Å²) < 4.78 is 15.3. The highest BCUT2D eigenvalue weighted by Crippen LogP contribution is 2.31. The number of hydrogen-bond acceptors (Lipinski definition) is 6. The van der Waals surface area contributed by atoms with Crippen LogP contribution in [-0.2, 0) is 23.8 Å². The van der Waals surface area contributed by atoms with Crippen molar-refractivity contribution < 1.29 is 28.6 Å². The monoisotopic (exact) mass is 329 g/mol. The van der Waals surface area contributed by atoms with Crippen molar-refractivity contribution in [1.82, 2.24) is 5.32 Å². The van der Waals surface area contributed by atoms with E-state index in [1.54, 1.807) is 0 Å². The average Bonchev–Trinajstić information content (AvgIpc) is 2.45. The van der Waals surface area contributed by atoms with Gasteiger partial charge in [0.15, 0.2) is 0 Å². The number of amides is 1. The van der Waals surface area contributed by atoms with Gasteiger partial charge in [0.25, 0.3) is 0 Å². The van der Waals surface area contributed by atoms with Crippen LogP contribution in [0.1, 0.15) is 65.7 Å². The van der Waals surface area contributed by atoms with E-state index in [9.17, 15) is 14.4 Å². The van der Waals surface area contributed by atoms with Gasteiger partial charge in [-0.15, -0.1) is 0 Å². The Kier molecular flexibility index (Phi) is 7.85. The molecule has 1 rings (SSSR count). The molecule has 7 nitrogen and oxygen atoms in total. The molecule has 0 radical (unpaired) electrons. The molecule has 1 fully saturated rings. The number of nitrogens with one attached hydrogen (secondary N) is 1. The Morgan fingerprint density at radius 3 is 2.35 bits per heavy atom. The van der Waals surface area contributed by atoms with Gasteiger partial charge in [0.2, 0.25) is 6.29 Å². The summed E-state index contributed by atoms with van der Waals surface area (Å²) in [4.78, 5) is 34.4. The second-order valence-corrected chi connectivity index (χ2v) is 5.90. The summed E-state index contributed by atoms with van der Waals surface area (Å²) in [5.41, 5.74) is -0.661. The third-order valence-electron chi connectivity index (χ3n) is 3.70. The van der Waals surface area contributed by atoms with E-state index in [2.05, 4.69) is 5.32 Å². The first kappa shape index (κ1) is 19.3. The van der Waals surface area contributed by atoms with Crippen LogP contribution >= 0.6 is 0 Å². The minimum absolute atomic E-state index is 0.195. The number of hydrogen-bond donors (Lipinski definition) is 1. The molecule has 0 aliphatic heterocycles. The van der Waals surface area contributed by atoms with E-state index in [1.165, 1.54) is 13.8 Å². The first-order valence-electron chi connectivity index (χ1n) is 8.20. The van der Waals surface area contributed by atoms with Crippen molar-refractivity contribution in [3.63, 3.8) is 0 Å². The molecule has 0 aromatic carbocycles. The Bertz CT molecular complexity index is 417. The maximum absolute atomic E-state index is 11.8. The van der Waals surface area contributed by atoms with E-state index in [4.69, 9.17) is 14.2 Å². The molecule has 0 bridgehead atoms. The zero-order chi connectivity index (χ0) is 17.3. The van der Waals surface area contributed by atoms with Gasteiger partial charge in [-0.25, -0.2) is 4.79 Å². The Labute approximate surface area is 137 Å². The average molecular weight is 329 g/mol. The minimum atomic E-state index is -0.954. The van der Waals surface area contributed by atoms with Crippen LogP contribution in [0.4, 0.5) is 4.79 Å². The van der Waals surface area contributed by atoms with Crippen LogP contribution in [0.5, 0.6) is 0 Å². The standard InChI is InChI=1S/C16H27NO6/c1-4-8-14(19)21-13(3)22-15(20)17-11-16(23-12(2)18)9-6-5-7-10-16/h13H,4-11H2,1-3H3,(H,17,20). The minimum Gasteiger partial charge on any atom is -0.457 e. The lowest BCUT2D eigenvalue weighted by molar-refractivity contribution is -0.166. The second kappa shape index (κ2) is 9.37. The van der Waals surface area contributed by atoms with Gasteiger partial charge in [0.05, 0.1) is 6.54 Å². The molecule has 0 aromatic rings. The molecule has 1 aliphatic carbocycles. The van der Waals surface area contributed by atoms with Crippen molar-refractivity contribution in [1.29, 1.82) is 0 Å². The molecule has 0 aromatic heterocycles. The summed E-state index contributed by atoms with van der Waals surface area (Å²) in [6, 6.07) is 0. The largest absolute Gasteiger partial charge is 0.457 e. The topological polar surface area (TPSA) is 90.9 Å². The smallest absolute Gasteiger partial charge is 0.410 e. The van der Waals surface area contributed by atoms with Crippen LogP contribution in [0.3, 0.4) is 0 Å². The molecular weight excluding hydrogens is 302 g/mol. The highest BCUT2D eigenvalue weighted by molar-refractivity contribution is 5.70. The number of carbonyl (C=O) groups is 3. The fourth-order valence-corrected chi connectivity index (χ4v) is 2.71. The maximum atomic E-state index is 11.8. The molecule has 1 aliphatic rings. The number of esters is 2. The van der Waals surface area contributed by atoms with Crippen LogP contribution in [-0.4, -0.2) is 36.5 Å². The molecule has 1 atom stereocenters. The Balaban J connectivity index is 2.42. The Morgan fingerprint density at radius 1 is 1.13 bits per heavy atom. The van der Waals surface area contributed by atoms with E-state index in [0.717, 1.165) is 19.3 Å². The molecule has 0 spiro atoms. The number of carbonyl (C=O) groups excluding carboxylic acids is 3. The third-order valence-corrected chi connectivity index (χ3v) is 3.70. The van der Waals surface area contributed by atoms with Crippen molar-refractivity contribution in [2.45, 2.75) is 77.6 Å². The SMILES string of the molecule is CCCC(=O)OC(C)OC(=O)NCC1(OC(C)=O)CCCCC1. The Morgan fingerprint density at radius 2 is 1.78 bits per heavy atom. The van der Waals surface area contributed by atoms with E-state index >= 15 is 0 Å². The summed E-state index contributed by atoms with van der Waals surface area (Å²) in [6.07, 6.45) is 3.74. The third kappa shape index (κ3) is 7.34. The van der Waals surface area contributed by atoms with Crippen LogP contribution in [0.25, 0.3) is 0 Å². The van der Waals surface area contributed by atoms with Crippen LogP contribution in [0, 0.1) is 0 Å². The molecule has 1 saturated carbocycles. The van der Waals surface area contributed by atoms with Crippen LogP contribution < -0.4 is 5.32 Å². The van der Waals surface area contributed by atoms with Crippen LogP contribution in [0.2, 0.25) is 0 Å². The number of ether oxygens (including phenoxy) is 3. The normalized spacial score (nSPS) is 17.7. The molecule has 0 saturated heterocycles. The van der Waals surface area contributed by atoms with Gasteiger partial charge >= 0.3 is 18.0 Å². The van der Waals surface area contributed by atoms with Crippen molar-refractivity contribution in [3.05, 3.63) is 0 Å².